The highest BCUT2D eigenvalue weighted by molar-refractivity contribution is 7.17. The molecule has 2 N–H and O–H groups in total. The van der Waals surface area contributed by atoms with Gasteiger partial charge in [-0.2, -0.15) is 0 Å². The van der Waals surface area contributed by atoms with Crippen LogP contribution in [0.1, 0.15) is 38.7 Å². The lowest BCUT2D eigenvalue weighted by Gasteiger charge is -2.22. The summed E-state index contributed by atoms with van der Waals surface area (Å²) in [6.45, 7) is 2.94. The van der Waals surface area contributed by atoms with Crippen molar-refractivity contribution in [2.75, 3.05) is 25.6 Å². The SMILES string of the molecule is COc1cccc(F)c1-c1cc(C)ncc1C(=O)Nc1nnc(C(=O)NC2CCOCC2)s1. The number of aromatic nitrogens is 3. The Kier molecular flexibility index (Phi) is 6.90. The molecule has 33 heavy (non-hydrogen) atoms. The van der Waals surface area contributed by atoms with Crippen LogP contribution in [0, 0.1) is 12.7 Å². The second-order valence-corrected chi connectivity index (χ2v) is 8.39. The Bertz CT molecular complexity index is 1180. The number of carbonyl (C=O) groups is 2. The number of aryl methyl sites for hydroxylation is 1. The van der Waals surface area contributed by atoms with Gasteiger partial charge in [-0.3, -0.25) is 19.9 Å². The smallest absolute Gasteiger partial charge is 0.282 e. The molecule has 11 heteroatoms. The molecule has 3 aromatic rings. The van der Waals surface area contributed by atoms with Gasteiger partial charge in [-0.25, -0.2) is 4.39 Å². The third-order valence-electron chi connectivity index (χ3n) is 5.15. The highest BCUT2D eigenvalue weighted by atomic mass is 32.1. The van der Waals surface area contributed by atoms with Gasteiger partial charge in [0.2, 0.25) is 10.1 Å². The molecule has 0 atom stereocenters. The zero-order chi connectivity index (χ0) is 23.4. The van der Waals surface area contributed by atoms with Crippen molar-refractivity contribution in [3.8, 4) is 16.9 Å². The lowest BCUT2D eigenvalue weighted by molar-refractivity contribution is 0.0696. The van der Waals surface area contributed by atoms with Crippen LogP contribution < -0.4 is 15.4 Å². The van der Waals surface area contributed by atoms with E-state index < -0.39 is 11.7 Å². The number of benzene rings is 1. The van der Waals surface area contributed by atoms with E-state index in [2.05, 4.69) is 25.8 Å². The van der Waals surface area contributed by atoms with Crippen molar-refractivity contribution < 1.29 is 23.5 Å². The Labute approximate surface area is 193 Å². The molecule has 0 bridgehead atoms. The topological polar surface area (TPSA) is 115 Å². The molecule has 1 saturated heterocycles. The van der Waals surface area contributed by atoms with Gasteiger partial charge in [0.05, 0.1) is 18.2 Å². The van der Waals surface area contributed by atoms with E-state index in [9.17, 15) is 14.0 Å². The average molecular weight is 472 g/mol. The van der Waals surface area contributed by atoms with Crippen molar-refractivity contribution in [2.24, 2.45) is 0 Å². The van der Waals surface area contributed by atoms with Crippen molar-refractivity contribution in [3.05, 3.63) is 52.5 Å². The second kappa shape index (κ2) is 10.0. The summed E-state index contributed by atoms with van der Waals surface area (Å²) in [5.41, 5.74) is 1.23. The minimum atomic E-state index is -0.560. The minimum absolute atomic E-state index is 0.0186. The number of methoxy groups -OCH3 is 1. The second-order valence-electron chi connectivity index (χ2n) is 7.41. The molecule has 0 saturated carbocycles. The number of ether oxygens (including phenoxy) is 2. The number of anilines is 1. The zero-order valence-electron chi connectivity index (χ0n) is 18.1. The Hall–Kier alpha value is -3.44. The van der Waals surface area contributed by atoms with Crippen LogP contribution in [0.4, 0.5) is 9.52 Å². The van der Waals surface area contributed by atoms with Gasteiger partial charge in [-0.05, 0) is 38.0 Å². The van der Waals surface area contributed by atoms with Crippen molar-refractivity contribution in [1.29, 1.82) is 0 Å². The molecular weight excluding hydrogens is 449 g/mol. The summed E-state index contributed by atoms with van der Waals surface area (Å²) in [4.78, 5) is 29.7. The number of amides is 2. The normalized spacial score (nSPS) is 14.0. The first-order valence-electron chi connectivity index (χ1n) is 10.3. The maximum Gasteiger partial charge on any atom is 0.282 e. The fourth-order valence-corrected chi connectivity index (χ4v) is 4.14. The van der Waals surface area contributed by atoms with E-state index in [1.807, 2.05) is 0 Å². The molecule has 2 amide bonds. The molecule has 9 nitrogen and oxygen atoms in total. The van der Waals surface area contributed by atoms with Gasteiger partial charge in [0.1, 0.15) is 11.6 Å². The van der Waals surface area contributed by atoms with E-state index in [-0.39, 0.29) is 39.0 Å². The molecule has 0 radical (unpaired) electrons. The zero-order valence-corrected chi connectivity index (χ0v) is 18.9. The summed E-state index contributed by atoms with van der Waals surface area (Å²) < 4.78 is 25.3. The average Bonchev–Trinajstić information content (AvgIpc) is 3.28. The lowest BCUT2D eigenvalue weighted by atomic mass is 9.98. The Morgan fingerprint density at radius 2 is 2.00 bits per heavy atom. The third kappa shape index (κ3) is 5.15. The van der Waals surface area contributed by atoms with Crippen LogP contribution in [0.25, 0.3) is 11.1 Å². The number of hydrogen-bond acceptors (Lipinski definition) is 8. The van der Waals surface area contributed by atoms with Crippen LogP contribution in [0.2, 0.25) is 0 Å². The predicted octanol–water partition coefficient (Wildman–Crippen LogP) is 3.22. The molecule has 0 aliphatic carbocycles. The predicted molar refractivity (Wildman–Crippen MR) is 120 cm³/mol. The molecule has 3 heterocycles. The molecule has 1 aliphatic heterocycles. The summed E-state index contributed by atoms with van der Waals surface area (Å²) in [6.07, 6.45) is 2.83. The molecule has 4 rings (SSSR count). The number of nitrogens with zero attached hydrogens (tertiary/aromatic N) is 3. The number of hydrogen-bond donors (Lipinski definition) is 2. The first-order chi connectivity index (χ1) is 16.0. The molecule has 1 aromatic carbocycles. The minimum Gasteiger partial charge on any atom is -0.496 e. The standard InChI is InChI=1S/C22H22FN5O4S/c1-12-10-14(18-16(23)4-3-5-17(18)31-2)15(11-24-12)19(29)26-22-28-27-21(33-22)20(30)25-13-6-8-32-9-7-13/h3-5,10-11,13H,6-9H2,1-2H3,(H,25,30)(H,26,28,29). The lowest BCUT2D eigenvalue weighted by Crippen LogP contribution is -2.38. The fraction of sp³-hybridized carbons (Fsp3) is 0.318. The largest absolute Gasteiger partial charge is 0.496 e. The highest BCUT2D eigenvalue weighted by Gasteiger charge is 2.23. The van der Waals surface area contributed by atoms with Crippen LogP contribution in [0.3, 0.4) is 0 Å². The van der Waals surface area contributed by atoms with E-state index in [1.165, 1.54) is 25.4 Å². The Morgan fingerprint density at radius 3 is 2.76 bits per heavy atom. The Balaban J connectivity index is 1.55. The van der Waals surface area contributed by atoms with E-state index >= 15 is 0 Å². The van der Waals surface area contributed by atoms with Crippen LogP contribution in [0.15, 0.2) is 30.5 Å². The van der Waals surface area contributed by atoms with E-state index in [4.69, 9.17) is 9.47 Å². The number of rotatable bonds is 6. The summed E-state index contributed by atoms with van der Waals surface area (Å²) in [5.74, 6) is -1.15. The monoisotopic (exact) mass is 471 g/mol. The number of carbonyl (C=O) groups excluding carboxylic acids is 2. The molecule has 0 unspecified atom stereocenters. The van der Waals surface area contributed by atoms with Crippen molar-refractivity contribution >= 4 is 28.3 Å². The van der Waals surface area contributed by atoms with Gasteiger partial charge in [-0.1, -0.05) is 17.4 Å². The maximum absolute atomic E-state index is 14.7. The van der Waals surface area contributed by atoms with E-state index in [1.54, 1.807) is 19.1 Å². The highest BCUT2D eigenvalue weighted by Crippen LogP contribution is 2.35. The molecule has 1 fully saturated rings. The molecule has 172 valence electrons. The van der Waals surface area contributed by atoms with E-state index in [0.29, 0.717) is 24.5 Å². The summed E-state index contributed by atoms with van der Waals surface area (Å²) in [5, 5.41) is 13.6. The van der Waals surface area contributed by atoms with Gasteiger partial charge >= 0.3 is 0 Å². The van der Waals surface area contributed by atoms with Crippen molar-refractivity contribution in [3.63, 3.8) is 0 Å². The number of halogens is 1. The van der Waals surface area contributed by atoms with Gasteiger partial charge in [-0.15, -0.1) is 10.2 Å². The maximum atomic E-state index is 14.7. The van der Waals surface area contributed by atoms with Crippen molar-refractivity contribution in [1.82, 2.24) is 20.5 Å². The fourth-order valence-electron chi connectivity index (χ4n) is 3.50. The van der Waals surface area contributed by atoms with Crippen LogP contribution >= 0.6 is 11.3 Å². The molecular formula is C22H22FN5O4S. The van der Waals surface area contributed by atoms with E-state index in [0.717, 1.165) is 24.2 Å². The summed E-state index contributed by atoms with van der Waals surface area (Å²) in [6, 6.07) is 6.07. The molecule has 0 spiro atoms. The van der Waals surface area contributed by atoms with Crippen molar-refractivity contribution in [2.45, 2.75) is 25.8 Å². The van der Waals surface area contributed by atoms with Crippen LogP contribution in [-0.4, -0.2) is 53.4 Å². The number of pyridine rings is 1. The summed E-state index contributed by atoms with van der Waals surface area (Å²) >= 11 is 0.952. The number of nitrogens with one attached hydrogen (secondary N) is 2. The molecule has 1 aliphatic rings. The van der Waals surface area contributed by atoms with Gasteiger partial charge in [0.25, 0.3) is 11.8 Å². The van der Waals surface area contributed by atoms with Gasteiger partial charge in [0.15, 0.2) is 0 Å². The van der Waals surface area contributed by atoms with Gasteiger partial charge < -0.3 is 14.8 Å². The third-order valence-corrected chi connectivity index (χ3v) is 5.98. The quantitative estimate of drug-likeness (QED) is 0.567. The summed E-state index contributed by atoms with van der Waals surface area (Å²) in [7, 11) is 1.43. The van der Waals surface area contributed by atoms with Crippen LogP contribution in [-0.2, 0) is 4.74 Å². The Morgan fingerprint density at radius 1 is 1.21 bits per heavy atom. The first kappa shape index (κ1) is 22.7. The van der Waals surface area contributed by atoms with Gasteiger partial charge in [0, 0.05) is 36.7 Å². The van der Waals surface area contributed by atoms with Crippen LogP contribution in [0.5, 0.6) is 5.75 Å². The first-order valence-corrected chi connectivity index (χ1v) is 11.1. The molecule has 2 aromatic heterocycles.